The quantitative estimate of drug-likeness (QED) is 0.716. The molecule has 3 heterocycles. The van der Waals surface area contributed by atoms with E-state index in [2.05, 4.69) is 38.2 Å². The maximum absolute atomic E-state index is 5.86. The summed E-state index contributed by atoms with van der Waals surface area (Å²) in [6.45, 7) is 2.82. The lowest BCUT2D eigenvalue weighted by molar-refractivity contribution is 0.122. The van der Waals surface area contributed by atoms with Crippen LogP contribution in [0.2, 0.25) is 0 Å². The molecule has 0 amide bonds. The largest absolute Gasteiger partial charge is 0.378 e. The Hall–Kier alpha value is -2.45. The van der Waals surface area contributed by atoms with E-state index in [0.29, 0.717) is 24.4 Å². The topological polar surface area (TPSA) is 90.0 Å². The second kappa shape index (κ2) is 6.81. The molecule has 0 aliphatic carbocycles. The summed E-state index contributed by atoms with van der Waals surface area (Å²) in [6.07, 6.45) is 3.78. The Labute approximate surface area is 149 Å². The summed E-state index contributed by atoms with van der Waals surface area (Å²) < 4.78 is 5.42. The van der Waals surface area contributed by atoms with Crippen LogP contribution < -0.4 is 10.6 Å². The fourth-order valence-electron chi connectivity index (χ4n) is 2.81. The predicted octanol–water partition coefficient (Wildman–Crippen LogP) is 2.23. The molecule has 0 bridgehead atoms. The Morgan fingerprint density at radius 1 is 1.08 bits per heavy atom. The SMILES string of the molecule is CSc1ccc(-c2cnc3nc(N)nc(N4CCOCC4)c3n2)cc1. The first kappa shape index (κ1) is 16.0. The zero-order chi connectivity index (χ0) is 17.2. The lowest BCUT2D eigenvalue weighted by Crippen LogP contribution is -2.37. The van der Waals surface area contributed by atoms with E-state index in [-0.39, 0.29) is 5.95 Å². The molecule has 1 aliphatic heterocycles. The highest BCUT2D eigenvalue weighted by Crippen LogP contribution is 2.27. The summed E-state index contributed by atoms with van der Waals surface area (Å²) in [6, 6.07) is 8.25. The van der Waals surface area contributed by atoms with Crippen molar-refractivity contribution < 1.29 is 4.74 Å². The molecular formula is C17H18N6OS. The third-order valence-corrected chi connectivity index (χ3v) is 4.85. The van der Waals surface area contributed by atoms with E-state index in [4.69, 9.17) is 15.5 Å². The van der Waals surface area contributed by atoms with Crippen LogP contribution in [0.15, 0.2) is 35.4 Å². The smallest absolute Gasteiger partial charge is 0.224 e. The summed E-state index contributed by atoms with van der Waals surface area (Å²) in [5.74, 6) is 0.932. The van der Waals surface area contributed by atoms with Crippen molar-refractivity contribution in [3.05, 3.63) is 30.5 Å². The van der Waals surface area contributed by atoms with Gasteiger partial charge in [0.15, 0.2) is 17.0 Å². The molecular weight excluding hydrogens is 336 g/mol. The van der Waals surface area contributed by atoms with Crippen LogP contribution in [-0.2, 0) is 4.74 Å². The zero-order valence-corrected chi connectivity index (χ0v) is 14.7. The maximum Gasteiger partial charge on any atom is 0.224 e. The third-order valence-electron chi connectivity index (χ3n) is 4.10. The Morgan fingerprint density at radius 2 is 1.84 bits per heavy atom. The van der Waals surface area contributed by atoms with E-state index in [0.717, 1.165) is 30.2 Å². The van der Waals surface area contributed by atoms with Crippen molar-refractivity contribution in [2.75, 3.05) is 43.2 Å². The molecule has 128 valence electrons. The van der Waals surface area contributed by atoms with Crippen LogP contribution in [0.1, 0.15) is 0 Å². The van der Waals surface area contributed by atoms with Crippen LogP contribution in [0.3, 0.4) is 0 Å². The van der Waals surface area contributed by atoms with Crippen molar-refractivity contribution in [3.63, 3.8) is 0 Å². The summed E-state index contributed by atoms with van der Waals surface area (Å²) in [7, 11) is 0. The molecule has 0 saturated carbocycles. The number of hydrogen-bond acceptors (Lipinski definition) is 8. The number of fused-ring (bicyclic) bond motifs is 1. The number of nitrogens with two attached hydrogens (primary N) is 1. The molecule has 1 aromatic carbocycles. The lowest BCUT2D eigenvalue weighted by atomic mass is 10.1. The number of hydrogen-bond donors (Lipinski definition) is 1. The summed E-state index contributed by atoms with van der Waals surface area (Å²) in [5.41, 5.74) is 8.85. The molecule has 0 unspecified atom stereocenters. The normalized spacial score (nSPS) is 14.8. The van der Waals surface area contributed by atoms with Crippen molar-refractivity contribution in [3.8, 4) is 11.3 Å². The minimum Gasteiger partial charge on any atom is -0.378 e. The minimum atomic E-state index is 0.209. The maximum atomic E-state index is 5.86. The van der Waals surface area contributed by atoms with E-state index in [1.54, 1.807) is 18.0 Å². The van der Waals surface area contributed by atoms with Gasteiger partial charge in [-0.2, -0.15) is 9.97 Å². The van der Waals surface area contributed by atoms with Crippen molar-refractivity contribution >= 4 is 34.7 Å². The Kier molecular flexibility index (Phi) is 4.37. The molecule has 25 heavy (non-hydrogen) atoms. The summed E-state index contributed by atoms with van der Waals surface area (Å²) >= 11 is 1.71. The van der Waals surface area contributed by atoms with Gasteiger partial charge in [-0.05, 0) is 18.4 Å². The van der Waals surface area contributed by atoms with Crippen molar-refractivity contribution in [1.82, 2.24) is 19.9 Å². The van der Waals surface area contributed by atoms with Crippen LogP contribution in [-0.4, -0.2) is 52.5 Å². The van der Waals surface area contributed by atoms with E-state index in [9.17, 15) is 0 Å². The minimum absolute atomic E-state index is 0.209. The van der Waals surface area contributed by atoms with Gasteiger partial charge in [-0.15, -0.1) is 11.8 Å². The number of aromatic nitrogens is 4. The molecule has 2 aromatic heterocycles. The summed E-state index contributed by atoms with van der Waals surface area (Å²) in [5, 5.41) is 0. The number of benzene rings is 1. The van der Waals surface area contributed by atoms with E-state index >= 15 is 0 Å². The zero-order valence-electron chi connectivity index (χ0n) is 13.8. The highest BCUT2D eigenvalue weighted by Gasteiger charge is 2.19. The molecule has 8 heteroatoms. The molecule has 3 aromatic rings. The van der Waals surface area contributed by atoms with Gasteiger partial charge in [-0.25, -0.2) is 9.97 Å². The lowest BCUT2D eigenvalue weighted by Gasteiger charge is -2.28. The highest BCUT2D eigenvalue weighted by atomic mass is 32.2. The number of morpholine rings is 1. The molecule has 0 radical (unpaired) electrons. The fourth-order valence-corrected chi connectivity index (χ4v) is 3.21. The molecule has 0 spiro atoms. The third kappa shape index (κ3) is 3.22. The molecule has 7 nitrogen and oxygen atoms in total. The number of nitrogens with zero attached hydrogens (tertiary/aromatic N) is 5. The van der Waals surface area contributed by atoms with Crippen LogP contribution in [0.25, 0.3) is 22.4 Å². The molecule has 1 saturated heterocycles. The van der Waals surface area contributed by atoms with Gasteiger partial charge in [-0.3, -0.25) is 0 Å². The number of nitrogen functional groups attached to an aromatic ring is 1. The van der Waals surface area contributed by atoms with Crippen LogP contribution in [0, 0.1) is 0 Å². The second-order valence-electron chi connectivity index (χ2n) is 5.66. The van der Waals surface area contributed by atoms with Gasteiger partial charge in [-0.1, -0.05) is 12.1 Å². The number of anilines is 2. The van der Waals surface area contributed by atoms with Crippen LogP contribution >= 0.6 is 11.8 Å². The summed E-state index contributed by atoms with van der Waals surface area (Å²) in [4.78, 5) is 21.2. The second-order valence-corrected chi connectivity index (χ2v) is 6.54. The first-order valence-electron chi connectivity index (χ1n) is 8.02. The van der Waals surface area contributed by atoms with Gasteiger partial charge in [0.25, 0.3) is 0 Å². The van der Waals surface area contributed by atoms with E-state index in [1.807, 2.05) is 12.1 Å². The average Bonchev–Trinajstić information content (AvgIpc) is 2.68. The standard InChI is InChI=1S/C17H18N6OS/c1-25-12-4-2-11(3-5-12)13-10-19-15-14(20-13)16(22-17(18)21-15)23-6-8-24-9-7-23/h2-5,10H,6-9H2,1H3,(H2,18,19,21,22). The fraction of sp³-hybridized carbons (Fsp3) is 0.294. The molecule has 2 N–H and O–H groups in total. The van der Waals surface area contributed by atoms with Gasteiger partial charge < -0.3 is 15.4 Å². The van der Waals surface area contributed by atoms with E-state index < -0.39 is 0 Å². The number of thioether (sulfide) groups is 1. The van der Waals surface area contributed by atoms with Crippen molar-refractivity contribution in [2.45, 2.75) is 4.90 Å². The van der Waals surface area contributed by atoms with Gasteiger partial charge in [0.1, 0.15) is 0 Å². The predicted molar refractivity (Wildman–Crippen MR) is 99.8 cm³/mol. The molecule has 1 fully saturated rings. The molecule has 4 rings (SSSR count). The van der Waals surface area contributed by atoms with Gasteiger partial charge in [0.2, 0.25) is 5.95 Å². The molecule has 0 atom stereocenters. The number of rotatable bonds is 3. The van der Waals surface area contributed by atoms with Crippen molar-refractivity contribution in [2.24, 2.45) is 0 Å². The monoisotopic (exact) mass is 354 g/mol. The first-order chi connectivity index (χ1) is 12.2. The Balaban J connectivity index is 1.81. The Bertz CT molecular complexity index is 896. The van der Waals surface area contributed by atoms with Gasteiger partial charge in [0.05, 0.1) is 25.1 Å². The van der Waals surface area contributed by atoms with Gasteiger partial charge in [0, 0.05) is 23.5 Å². The van der Waals surface area contributed by atoms with Crippen LogP contribution in [0.4, 0.5) is 11.8 Å². The van der Waals surface area contributed by atoms with Crippen LogP contribution in [0.5, 0.6) is 0 Å². The number of ether oxygens (including phenoxy) is 1. The highest BCUT2D eigenvalue weighted by molar-refractivity contribution is 7.98. The van der Waals surface area contributed by atoms with Gasteiger partial charge >= 0.3 is 0 Å². The molecule has 1 aliphatic rings. The van der Waals surface area contributed by atoms with Crippen molar-refractivity contribution in [1.29, 1.82) is 0 Å². The Morgan fingerprint density at radius 3 is 2.56 bits per heavy atom. The first-order valence-corrected chi connectivity index (χ1v) is 9.24. The average molecular weight is 354 g/mol. The van der Waals surface area contributed by atoms with E-state index in [1.165, 1.54) is 4.90 Å².